The first-order chi connectivity index (χ1) is 14.5. The van der Waals surface area contributed by atoms with Crippen LogP contribution in [0.4, 0.5) is 4.39 Å². The highest BCUT2D eigenvalue weighted by Crippen LogP contribution is 2.35. The molecule has 1 aliphatic heterocycles. The van der Waals surface area contributed by atoms with Crippen molar-refractivity contribution in [3.8, 4) is 5.69 Å². The second-order valence-electron chi connectivity index (χ2n) is 7.46. The molecule has 1 aliphatic rings. The van der Waals surface area contributed by atoms with Crippen LogP contribution in [0.25, 0.3) is 5.69 Å². The molecule has 0 radical (unpaired) electrons. The van der Waals surface area contributed by atoms with Crippen molar-refractivity contribution >= 4 is 21.8 Å². The van der Waals surface area contributed by atoms with Gasteiger partial charge >= 0.3 is 0 Å². The third-order valence-corrected chi connectivity index (χ3v) is 6.01. The molecule has 6 nitrogen and oxygen atoms in total. The number of aromatic nitrogens is 3. The van der Waals surface area contributed by atoms with Crippen LogP contribution >= 0.6 is 15.9 Å². The molecule has 0 bridgehead atoms. The van der Waals surface area contributed by atoms with Crippen LogP contribution in [0, 0.1) is 12.7 Å². The summed E-state index contributed by atoms with van der Waals surface area (Å²) in [4.78, 5) is 17.1. The van der Waals surface area contributed by atoms with Crippen molar-refractivity contribution < 1.29 is 13.9 Å². The van der Waals surface area contributed by atoms with Crippen LogP contribution in [0.15, 0.2) is 53.0 Å². The van der Waals surface area contributed by atoms with E-state index in [1.54, 1.807) is 19.1 Å². The molecule has 1 N–H and O–H groups in total. The second-order valence-corrected chi connectivity index (χ2v) is 8.37. The smallest absolute Gasteiger partial charge is 0.291 e. The van der Waals surface area contributed by atoms with Gasteiger partial charge in [-0.25, -0.2) is 14.1 Å². The fraction of sp³-hybridized carbons (Fsp3) is 0.318. The highest BCUT2D eigenvalue weighted by Gasteiger charge is 2.35. The van der Waals surface area contributed by atoms with Gasteiger partial charge in [-0.05, 0) is 61.7 Å². The van der Waals surface area contributed by atoms with E-state index >= 15 is 0 Å². The SMILES string of the molecule is Cc1nc(C(=O)NCC2(c3cccc(Br)c3)CCOCC2)nn1-c1ccc(F)cc1. The van der Waals surface area contributed by atoms with Gasteiger partial charge in [0.25, 0.3) is 5.91 Å². The van der Waals surface area contributed by atoms with Crippen LogP contribution in [-0.2, 0) is 10.2 Å². The Bertz CT molecular complexity index is 1050. The van der Waals surface area contributed by atoms with Crippen molar-refractivity contribution in [3.63, 3.8) is 0 Å². The number of ether oxygens (including phenoxy) is 1. The number of amides is 1. The maximum atomic E-state index is 13.2. The van der Waals surface area contributed by atoms with Crippen molar-refractivity contribution in [1.29, 1.82) is 0 Å². The van der Waals surface area contributed by atoms with Gasteiger partial charge in [0.05, 0.1) is 5.69 Å². The van der Waals surface area contributed by atoms with E-state index < -0.39 is 0 Å². The molecule has 156 valence electrons. The van der Waals surface area contributed by atoms with Crippen molar-refractivity contribution in [2.45, 2.75) is 25.2 Å². The van der Waals surface area contributed by atoms with E-state index in [1.165, 1.54) is 22.4 Å². The molecule has 0 unspecified atom stereocenters. The maximum Gasteiger partial charge on any atom is 0.291 e. The van der Waals surface area contributed by atoms with Crippen molar-refractivity contribution in [1.82, 2.24) is 20.1 Å². The molecule has 3 aromatic rings. The van der Waals surface area contributed by atoms with Crippen LogP contribution in [0.5, 0.6) is 0 Å². The molecule has 0 atom stereocenters. The minimum Gasteiger partial charge on any atom is -0.381 e. The maximum absolute atomic E-state index is 13.2. The lowest BCUT2D eigenvalue weighted by atomic mass is 9.74. The standard InChI is InChI=1S/C22H22BrFN4O2/c1-15-26-20(27-28(15)19-7-5-18(24)6-8-19)21(29)25-14-22(9-11-30-12-10-22)16-3-2-4-17(23)13-16/h2-8,13H,9-12,14H2,1H3,(H,25,29). The molecule has 30 heavy (non-hydrogen) atoms. The molecule has 0 saturated carbocycles. The van der Waals surface area contributed by atoms with Gasteiger partial charge in [0, 0.05) is 29.6 Å². The molecular weight excluding hydrogens is 451 g/mol. The number of aryl methyl sites for hydroxylation is 1. The number of carbonyl (C=O) groups excluding carboxylic acids is 1. The number of nitrogens with one attached hydrogen (secondary N) is 1. The van der Waals surface area contributed by atoms with E-state index in [9.17, 15) is 9.18 Å². The summed E-state index contributed by atoms with van der Waals surface area (Å²) in [6.07, 6.45) is 1.64. The molecule has 2 heterocycles. The topological polar surface area (TPSA) is 69.0 Å². The van der Waals surface area contributed by atoms with Gasteiger partial charge in [-0.1, -0.05) is 28.1 Å². The Kier molecular flexibility index (Phi) is 5.97. The normalized spacial score (nSPS) is 15.7. The first kappa shape index (κ1) is 20.7. The molecular formula is C22H22BrFN4O2. The summed E-state index contributed by atoms with van der Waals surface area (Å²) in [7, 11) is 0. The van der Waals surface area contributed by atoms with Crippen LogP contribution < -0.4 is 5.32 Å². The Labute approximate surface area is 182 Å². The van der Waals surface area contributed by atoms with E-state index in [1.807, 2.05) is 12.1 Å². The van der Waals surface area contributed by atoms with Gasteiger partial charge in [0.2, 0.25) is 5.82 Å². The highest BCUT2D eigenvalue weighted by atomic mass is 79.9. The predicted octanol–water partition coefficient (Wildman–Crippen LogP) is 3.96. The first-order valence-corrected chi connectivity index (χ1v) is 10.6. The molecule has 1 aromatic heterocycles. The van der Waals surface area contributed by atoms with Crippen LogP contribution in [0.1, 0.15) is 34.8 Å². The Morgan fingerprint density at radius 1 is 1.23 bits per heavy atom. The Morgan fingerprint density at radius 2 is 1.97 bits per heavy atom. The number of hydrogen-bond donors (Lipinski definition) is 1. The van der Waals surface area contributed by atoms with Crippen LogP contribution in [0.3, 0.4) is 0 Å². The molecule has 0 aliphatic carbocycles. The monoisotopic (exact) mass is 472 g/mol. The zero-order valence-corrected chi connectivity index (χ0v) is 18.2. The zero-order chi connectivity index (χ0) is 21.1. The van der Waals surface area contributed by atoms with Gasteiger partial charge in [0.1, 0.15) is 11.6 Å². The summed E-state index contributed by atoms with van der Waals surface area (Å²) in [6, 6.07) is 14.1. The predicted molar refractivity (Wildman–Crippen MR) is 114 cm³/mol. The number of rotatable bonds is 5. The lowest BCUT2D eigenvalue weighted by molar-refractivity contribution is 0.0486. The van der Waals surface area contributed by atoms with E-state index in [2.05, 4.69) is 43.5 Å². The second kappa shape index (κ2) is 8.65. The van der Waals surface area contributed by atoms with Gasteiger partial charge in [-0.15, -0.1) is 5.10 Å². The zero-order valence-electron chi connectivity index (χ0n) is 16.6. The van der Waals surface area contributed by atoms with Crippen molar-refractivity contribution in [2.24, 2.45) is 0 Å². The molecule has 2 aromatic carbocycles. The van der Waals surface area contributed by atoms with Crippen molar-refractivity contribution in [2.75, 3.05) is 19.8 Å². The fourth-order valence-corrected chi connectivity index (χ4v) is 4.19. The summed E-state index contributed by atoms with van der Waals surface area (Å²) in [5.74, 6) is -0.0172. The minimum atomic E-state index is -0.333. The third-order valence-electron chi connectivity index (χ3n) is 5.52. The molecule has 1 saturated heterocycles. The van der Waals surface area contributed by atoms with E-state index in [0.717, 1.165) is 17.3 Å². The minimum absolute atomic E-state index is 0.0910. The molecule has 1 fully saturated rings. The number of halogens is 2. The summed E-state index contributed by atoms with van der Waals surface area (Å²) < 4.78 is 21.3. The van der Waals surface area contributed by atoms with Crippen molar-refractivity contribution in [3.05, 3.63) is 76.0 Å². The van der Waals surface area contributed by atoms with Crippen LogP contribution in [0.2, 0.25) is 0 Å². The van der Waals surface area contributed by atoms with Gasteiger partial charge < -0.3 is 10.1 Å². The Morgan fingerprint density at radius 3 is 2.67 bits per heavy atom. The van der Waals surface area contributed by atoms with Gasteiger partial charge in [0.15, 0.2) is 0 Å². The molecule has 1 amide bonds. The molecule has 4 rings (SSSR count). The lowest BCUT2D eigenvalue weighted by Gasteiger charge is -2.38. The largest absolute Gasteiger partial charge is 0.381 e. The van der Waals surface area contributed by atoms with Crippen LogP contribution in [-0.4, -0.2) is 40.4 Å². The number of nitrogens with zero attached hydrogens (tertiary/aromatic N) is 3. The first-order valence-electron chi connectivity index (χ1n) is 9.78. The number of benzene rings is 2. The van der Waals surface area contributed by atoms with Gasteiger partial charge in [-0.2, -0.15) is 0 Å². The Balaban J connectivity index is 1.53. The summed E-state index contributed by atoms with van der Waals surface area (Å²) in [5, 5.41) is 7.34. The molecule has 8 heteroatoms. The van der Waals surface area contributed by atoms with E-state index in [0.29, 0.717) is 31.3 Å². The quantitative estimate of drug-likeness (QED) is 0.610. The summed E-state index contributed by atoms with van der Waals surface area (Å²) in [5.41, 5.74) is 1.61. The Hall–Kier alpha value is -2.58. The number of hydrogen-bond acceptors (Lipinski definition) is 4. The summed E-state index contributed by atoms with van der Waals surface area (Å²) >= 11 is 3.54. The van der Waals surface area contributed by atoms with E-state index in [4.69, 9.17) is 4.74 Å². The number of carbonyl (C=O) groups is 1. The average molecular weight is 473 g/mol. The highest BCUT2D eigenvalue weighted by molar-refractivity contribution is 9.10. The average Bonchev–Trinajstić information content (AvgIpc) is 3.15. The third kappa shape index (κ3) is 4.29. The fourth-order valence-electron chi connectivity index (χ4n) is 3.79. The lowest BCUT2D eigenvalue weighted by Crippen LogP contribution is -2.44. The van der Waals surface area contributed by atoms with Gasteiger partial charge in [-0.3, -0.25) is 4.79 Å². The molecule has 0 spiro atoms. The summed E-state index contributed by atoms with van der Waals surface area (Å²) in [6.45, 7) is 3.53. The van der Waals surface area contributed by atoms with E-state index in [-0.39, 0.29) is 23.0 Å².